The Balaban J connectivity index is 2.20. The van der Waals surface area contributed by atoms with Gasteiger partial charge in [-0.3, -0.25) is 4.98 Å². The van der Waals surface area contributed by atoms with Crippen LogP contribution in [0.5, 0.6) is 5.75 Å². The smallest absolute Gasteiger partial charge is 0.123 e. The van der Waals surface area contributed by atoms with E-state index in [9.17, 15) is 5.11 Å². The van der Waals surface area contributed by atoms with Crippen molar-refractivity contribution in [2.45, 2.75) is 13.8 Å². The van der Waals surface area contributed by atoms with E-state index in [-0.39, 0.29) is 5.75 Å². The molecule has 0 fully saturated rings. The first-order valence-electron chi connectivity index (χ1n) is 6.43. The highest BCUT2D eigenvalue weighted by atomic mass is 16.3. The minimum absolute atomic E-state index is 0.271. The minimum atomic E-state index is 0.271. The molecular weight excluding hydrogens is 250 g/mol. The summed E-state index contributed by atoms with van der Waals surface area (Å²) >= 11 is 0. The Morgan fingerprint density at radius 2 is 1.70 bits per heavy atom. The van der Waals surface area contributed by atoms with Crippen LogP contribution in [0.1, 0.15) is 11.4 Å². The maximum absolute atomic E-state index is 10.0. The van der Waals surface area contributed by atoms with Gasteiger partial charge in [0.1, 0.15) is 5.75 Å². The summed E-state index contributed by atoms with van der Waals surface area (Å²) in [5.74, 6) is 0.271. The number of pyridine rings is 1. The molecule has 0 saturated carbocycles. The second kappa shape index (κ2) is 4.81. The Bertz CT molecular complexity index is 748. The SMILES string of the molecule is Cc1nn(-c2ccncc2)c(C)c1-c1ccccc1O. The summed E-state index contributed by atoms with van der Waals surface area (Å²) in [4.78, 5) is 4.02. The Morgan fingerprint density at radius 1 is 1.00 bits per heavy atom. The first-order chi connectivity index (χ1) is 9.68. The minimum Gasteiger partial charge on any atom is -0.507 e. The van der Waals surface area contributed by atoms with Crippen molar-refractivity contribution in [1.29, 1.82) is 0 Å². The van der Waals surface area contributed by atoms with Crippen LogP contribution in [-0.2, 0) is 0 Å². The quantitative estimate of drug-likeness (QED) is 0.773. The highest BCUT2D eigenvalue weighted by molar-refractivity contribution is 5.74. The van der Waals surface area contributed by atoms with Crippen molar-refractivity contribution in [3.05, 3.63) is 60.2 Å². The summed E-state index contributed by atoms with van der Waals surface area (Å²) in [7, 11) is 0. The predicted octanol–water partition coefficient (Wildman–Crippen LogP) is 3.26. The van der Waals surface area contributed by atoms with E-state index in [1.165, 1.54) is 0 Å². The zero-order valence-corrected chi connectivity index (χ0v) is 11.4. The molecule has 0 aliphatic carbocycles. The van der Waals surface area contributed by atoms with Gasteiger partial charge in [-0.15, -0.1) is 0 Å². The molecule has 1 N–H and O–H groups in total. The average Bonchev–Trinajstić information content (AvgIpc) is 2.76. The number of aromatic hydroxyl groups is 1. The molecule has 4 heteroatoms. The van der Waals surface area contributed by atoms with Gasteiger partial charge < -0.3 is 5.11 Å². The molecule has 20 heavy (non-hydrogen) atoms. The summed E-state index contributed by atoms with van der Waals surface area (Å²) < 4.78 is 1.87. The van der Waals surface area contributed by atoms with Gasteiger partial charge in [-0.05, 0) is 32.0 Å². The number of hydrogen-bond acceptors (Lipinski definition) is 3. The fourth-order valence-electron chi connectivity index (χ4n) is 2.45. The number of nitrogens with zero attached hydrogens (tertiary/aromatic N) is 3. The molecule has 0 amide bonds. The predicted molar refractivity (Wildman–Crippen MR) is 77.9 cm³/mol. The fourth-order valence-corrected chi connectivity index (χ4v) is 2.45. The van der Waals surface area contributed by atoms with Gasteiger partial charge in [0.25, 0.3) is 0 Å². The number of phenolic OH excluding ortho intramolecular Hbond substituents is 1. The highest BCUT2D eigenvalue weighted by Crippen LogP contribution is 2.34. The third kappa shape index (κ3) is 1.95. The molecule has 0 unspecified atom stereocenters. The Labute approximate surface area is 117 Å². The van der Waals surface area contributed by atoms with E-state index in [0.717, 1.165) is 28.2 Å². The van der Waals surface area contributed by atoms with Gasteiger partial charge in [-0.2, -0.15) is 5.10 Å². The third-order valence-electron chi connectivity index (χ3n) is 3.37. The summed E-state index contributed by atoms with van der Waals surface area (Å²) in [6.07, 6.45) is 3.48. The van der Waals surface area contributed by atoms with E-state index >= 15 is 0 Å². The zero-order chi connectivity index (χ0) is 14.1. The van der Waals surface area contributed by atoms with Crippen LogP contribution < -0.4 is 0 Å². The van der Waals surface area contributed by atoms with Crippen molar-refractivity contribution in [2.24, 2.45) is 0 Å². The van der Waals surface area contributed by atoms with Crippen LogP contribution in [0.4, 0.5) is 0 Å². The van der Waals surface area contributed by atoms with Crippen molar-refractivity contribution in [2.75, 3.05) is 0 Å². The molecule has 0 aliphatic rings. The van der Waals surface area contributed by atoms with Crippen LogP contribution in [0.2, 0.25) is 0 Å². The number of aromatic nitrogens is 3. The molecule has 100 valence electrons. The maximum atomic E-state index is 10.0. The largest absolute Gasteiger partial charge is 0.507 e. The second-order valence-electron chi connectivity index (χ2n) is 4.68. The summed E-state index contributed by atoms with van der Waals surface area (Å²) in [6, 6.07) is 11.2. The molecule has 0 bridgehead atoms. The third-order valence-corrected chi connectivity index (χ3v) is 3.37. The number of aryl methyl sites for hydroxylation is 1. The molecule has 0 radical (unpaired) electrons. The molecule has 2 aromatic heterocycles. The van der Waals surface area contributed by atoms with Crippen LogP contribution in [0.25, 0.3) is 16.8 Å². The summed E-state index contributed by atoms with van der Waals surface area (Å²) in [5, 5.41) is 14.6. The summed E-state index contributed by atoms with van der Waals surface area (Å²) in [5.41, 5.74) is 4.63. The Kier molecular flexibility index (Phi) is 2.99. The van der Waals surface area contributed by atoms with Crippen molar-refractivity contribution >= 4 is 0 Å². The topological polar surface area (TPSA) is 50.9 Å². The number of para-hydroxylation sites is 1. The van der Waals surface area contributed by atoms with E-state index in [1.807, 2.05) is 48.9 Å². The van der Waals surface area contributed by atoms with Crippen LogP contribution in [-0.4, -0.2) is 19.9 Å². The van der Waals surface area contributed by atoms with Crippen molar-refractivity contribution < 1.29 is 5.11 Å². The van der Waals surface area contributed by atoms with Crippen molar-refractivity contribution in [3.63, 3.8) is 0 Å². The lowest BCUT2D eigenvalue weighted by atomic mass is 10.0. The maximum Gasteiger partial charge on any atom is 0.123 e. The number of hydrogen-bond donors (Lipinski definition) is 1. The standard InChI is InChI=1S/C16H15N3O/c1-11-16(14-5-3-4-6-15(14)20)12(2)19(18-11)13-7-9-17-10-8-13/h3-10,20H,1-2H3. The second-order valence-corrected chi connectivity index (χ2v) is 4.68. The van der Waals surface area contributed by atoms with Crippen LogP contribution in [0, 0.1) is 13.8 Å². The highest BCUT2D eigenvalue weighted by Gasteiger charge is 2.16. The van der Waals surface area contributed by atoms with Gasteiger partial charge in [0.2, 0.25) is 0 Å². The van der Waals surface area contributed by atoms with E-state index < -0.39 is 0 Å². The molecule has 0 aliphatic heterocycles. The van der Waals surface area contributed by atoms with Gasteiger partial charge in [-0.1, -0.05) is 18.2 Å². The molecule has 3 aromatic rings. The first kappa shape index (κ1) is 12.4. The average molecular weight is 265 g/mol. The van der Waals surface area contributed by atoms with E-state index in [0.29, 0.717) is 0 Å². The number of phenols is 1. The zero-order valence-electron chi connectivity index (χ0n) is 11.4. The van der Waals surface area contributed by atoms with Crippen molar-refractivity contribution in [1.82, 2.24) is 14.8 Å². The van der Waals surface area contributed by atoms with Crippen molar-refractivity contribution in [3.8, 4) is 22.6 Å². The van der Waals surface area contributed by atoms with Gasteiger partial charge in [0.15, 0.2) is 0 Å². The molecule has 3 rings (SSSR count). The molecule has 0 saturated heterocycles. The van der Waals surface area contributed by atoms with Gasteiger partial charge in [-0.25, -0.2) is 4.68 Å². The van der Waals surface area contributed by atoms with E-state index in [2.05, 4.69) is 10.1 Å². The molecule has 0 spiro atoms. The molecule has 0 atom stereocenters. The van der Waals surface area contributed by atoms with Crippen LogP contribution in [0.3, 0.4) is 0 Å². The summed E-state index contributed by atoms with van der Waals surface area (Å²) in [6.45, 7) is 3.95. The first-order valence-corrected chi connectivity index (χ1v) is 6.43. The molecular formula is C16H15N3O. The Morgan fingerprint density at radius 3 is 2.40 bits per heavy atom. The fraction of sp³-hybridized carbons (Fsp3) is 0.125. The Hall–Kier alpha value is -2.62. The molecule has 4 nitrogen and oxygen atoms in total. The van der Waals surface area contributed by atoms with E-state index in [1.54, 1.807) is 18.5 Å². The lowest BCUT2D eigenvalue weighted by molar-refractivity contribution is 0.477. The van der Waals surface area contributed by atoms with Gasteiger partial charge in [0.05, 0.1) is 11.4 Å². The van der Waals surface area contributed by atoms with E-state index in [4.69, 9.17) is 0 Å². The lowest BCUT2D eigenvalue weighted by Crippen LogP contribution is -1.98. The van der Waals surface area contributed by atoms with Gasteiger partial charge in [0, 0.05) is 29.2 Å². The lowest BCUT2D eigenvalue weighted by Gasteiger charge is -2.06. The van der Waals surface area contributed by atoms with Crippen LogP contribution in [0.15, 0.2) is 48.8 Å². The molecule has 1 aromatic carbocycles. The number of benzene rings is 1. The monoisotopic (exact) mass is 265 g/mol. The normalized spacial score (nSPS) is 10.7. The van der Waals surface area contributed by atoms with Crippen LogP contribution >= 0.6 is 0 Å². The molecule has 2 heterocycles. The number of rotatable bonds is 2. The van der Waals surface area contributed by atoms with Gasteiger partial charge >= 0.3 is 0 Å².